The van der Waals surface area contributed by atoms with Crippen molar-refractivity contribution in [2.45, 2.75) is 12.0 Å². The van der Waals surface area contributed by atoms with E-state index in [1.54, 1.807) is 18.2 Å². The minimum absolute atomic E-state index is 0.0178. The summed E-state index contributed by atoms with van der Waals surface area (Å²) in [7, 11) is 0. The van der Waals surface area contributed by atoms with Gasteiger partial charge in [0.1, 0.15) is 28.8 Å². The van der Waals surface area contributed by atoms with Gasteiger partial charge in [-0.3, -0.25) is 0 Å². The molecule has 7 aromatic carbocycles. The Bertz CT molecular complexity index is 2910. The highest BCUT2D eigenvalue weighted by Gasteiger charge is 2.34. The molecule has 0 fully saturated rings. The number of aromatic hydroxyl groups is 1. The van der Waals surface area contributed by atoms with E-state index in [2.05, 4.69) is 0 Å². The lowest BCUT2D eigenvalue weighted by Crippen LogP contribution is -2.15. The molecule has 2 unspecified atom stereocenters. The van der Waals surface area contributed by atoms with E-state index in [1.807, 2.05) is 66.8 Å². The van der Waals surface area contributed by atoms with Crippen LogP contribution in [0, 0.1) is 0 Å². The van der Waals surface area contributed by atoms with E-state index in [1.165, 1.54) is 0 Å². The summed E-state index contributed by atoms with van der Waals surface area (Å²) in [5.74, 6) is -0.0317. The Morgan fingerprint density at radius 1 is 0.651 bits per heavy atom. The van der Waals surface area contributed by atoms with Gasteiger partial charge in [0, 0.05) is 38.9 Å². The van der Waals surface area contributed by atoms with Gasteiger partial charge in [0.2, 0.25) is 0 Å². The van der Waals surface area contributed by atoms with Crippen molar-refractivity contribution in [3.05, 3.63) is 133 Å². The summed E-state index contributed by atoms with van der Waals surface area (Å²) in [5, 5.41) is 14.1. The fourth-order valence-electron chi connectivity index (χ4n) is 6.97. The van der Waals surface area contributed by atoms with E-state index in [0.717, 1.165) is 16.3 Å². The first kappa shape index (κ1) is 17.4. The zero-order valence-corrected chi connectivity index (χ0v) is 22.5. The molecule has 2 atom stereocenters. The van der Waals surface area contributed by atoms with Gasteiger partial charge in [0.05, 0.1) is 9.60 Å². The quantitative estimate of drug-likeness (QED) is 0.214. The standard InChI is InChI=1S/C40H24O3/c41-33-21-23-17-19-27-24(28-9-5-10-29-25-7-1-3-13-34(25)42-39(28)29)18-15-22-16-20-31(37(23)36(22)27)38(33)32-12-6-11-30-26-8-2-4-14-35(26)43-40(30)32/h1-21,25,34,41H/i15D,16D,17D,18D,19D,20D,21D. The van der Waals surface area contributed by atoms with E-state index in [0.29, 0.717) is 28.0 Å². The Morgan fingerprint density at radius 3 is 2.40 bits per heavy atom. The van der Waals surface area contributed by atoms with Crippen LogP contribution in [0.15, 0.2) is 132 Å². The number of fused-ring (bicyclic) bond motifs is 6. The summed E-state index contributed by atoms with van der Waals surface area (Å²) in [6.45, 7) is 0. The number of phenols is 1. The van der Waals surface area contributed by atoms with Crippen molar-refractivity contribution in [3.8, 4) is 33.8 Å². The molecule has 0 saturated carbocycles. The van der Waals surface area contributed by atoms with E-state index in [9.17, 15) is 14.7 Å². The average molecular weight is 560 g/mol. The normalized spacial score (nSPS) is 19.7. The molecule has 1 N–H and O–H groups in total. The van der Waals surface area contributed by atoms with Crippen LogP contribution >= 0.6 is 0 Å². The molecule has 10 rings (SSSR count). The molecule has 0 spiro atoms. The summed E-state index contributed by atoms with van der Waals surface area (Å²) in [5.41, 5.74) is 3.14. The zero-order valence-electron chi connectivity index (χ0n) is 29.5. The smallest absolute Gasteiger partial charge is 0.143 e. The molecule has 1 aliphatic heterocycles. The first-order valence-electron chi connectivity index (χ1n) is 17.7. The number of benzene rings is 7. The van der Waals surface area contributed by atoms with Crippen LogP contribution in [0.4, 0.5) is 0 Å². The van der Waals surface area contributed by atoms with E-state index in [-0.39, 0.29) is 91.7 Å². The van der Waals surface area contributed by atoms with E-state index >= 15 is 0 Å². The number of para-hydroxylation sites is 3. The molecule has 8 aromatic rings. The molecule has 3 heteroatoms. The average Bonchev–Trinajstić information content (AvgIpc) is 3.70. The minimum atomic E-state index is -0.505. The molecule has 43 heavy (non-hydrogen) atoms. The van der Waals surface area contributed by atoms with Gasteiger partial charge < -0.3 is 14.3 Å². The van der Waals surface area contributed by atoms with Crippen molar-refractivity contribution in [3.63, 3.8) is 0 Å². The highest BCUT2D eigenvalue weighted by molar-refractivity contribution is 6.29. The van der Waals surface area contributed by atoms with Crippen molar-refractivity contribution in [1.29, 1.82) is 0 Å². The number of hydrogen-bond acceptors (Lipinski definition) is 3. The van der Waals surface area contributed by atoms with Crippen LogP contribution in [0.1, 0.15) is 21.1 Å². The predicted octanol–water partition coefficient (Wildman–Crippen LogP) is 10.5. The molecule has 2 aliphatic rings. The second-order valence-electron chi connectivity index (χ2n) is 11.1. The molecular weight excluding hydrogens is 528 g/mol. The molecule has 0 amide bonds. The van der Waals surface area contributed by atoms with E-state index in [4.69, 9.17) is 9.15 Å². The Kier molecular flexibility index (Phi) is 3.35. The number of rotatable bonds is 2. The minimum Gasteiger partial charge on any atom is -0.507 e. The number of allylic oxidation sites excluding steroid dienone is 2. The van der Waals surface area contributed by atoms with Crippen molar-refractivity contribution in [1.82, 2.24) is 0 Å². The molecule has 3 nitrogen and oxygen atoms in total. The molecular formula is C40H24O3. The van der Waals surface area contributed by atoms with Crippen LogP contribution in [0.25, 0.3) is 76.5 Å². The maximum atomic E-state index is 11.8. The third-order valence-electron chi connectivity index (χ3n) is 8.85. The molecule has 202 valence electrons. The van der Waals surface area contributed by atoms with Gasteiger partial charge in [-0.1, -0.05) is 109 Å². The maximum absolute atomic E-state index is 11.8. The lowest BCUT2D eigenvalue weighted by molar-refractivity contribution is 0.270. The first-order chi connectivity index (χ1) is 24.2. The lowest BCUT2D eigenvalue weighted by Gasteiger charge is -2.18. The molecule has 2 heterocycles. The van der Waals surface area contributed by atoms with Crippen molar-refractivity contribution in [2.24, 2.45) is 0 Å². The van der Waals surface area contributed by atoms with Gasteiger partial charge in [-0.25, -0.2) is 0 Å². The zero-order chi connectivity index (χ0) is 34.3. The lowest BCUT2D eigenvalue weighted by atomic mass is 9.85. The SMILES string of the molecule is [2H]c1c([2H])c2c([2H])c([2H])c3c(-c4cccc5c4oc4ccccc45)c(O)c([2H])c4c([2H])c([2H])c(c1-c1cccc5c1OC1C=CC=CC51)c2c43. The topological polar surface area (TPSA) is 42.6 Å². The van der Waals surface area contributed by atoms with Gasteiger partial charge in [-0.2, -0.15) is 0 Å². The Morgan fingerprint density at radius 2 is 1.42 bits per heavy atom. The fraction of sp³-hybridized carbons (Fsp3) is 0.0500. The molecule has 0 saturated heterocycles. The van der Waals surface area contributed by atoms with Crippen LogP contribution < -0.4 is 4.74 Å². The van der Waals surface area contributed by atoms with Crippen molar-refractivity contribution >= 4 is 54.3 Å². The van der Waals surface area contributed by atoms with Crippen LogP contribution in [-0.4, -0.2) is 11.2 Å². The van der Waals surface area contributed by atoms with Gasteiger partial charge in [-0.15, -0.1) is 0 Å². The maximum Gasteiger partial charge on any atom is 0.143 e. The second-order valence-corrected chi connectivity index (χ2v) is 11.1. The number of phenolic OH excluding ortho intramolecular Hbond substituents is 1. The van der Waals surface area contributed by atoms with Gasteiger partial charge in [0.15, 0.2) is 0 Å². The van der Waals surface area contributed by atoms with Crippen LogP contribution in [0.2, 0.25) is 0 Å². The van der Waals surface area contributed by atoms with Gasteiger partial charge in [0.25, 0.3) is 0 Å². The highest BCUT2D eigenvalue weighted by Crippen LogP contribution is 2.51. The van der Waals surface area contributed by atoms with Crippen LogP contribution in [0.3, 0.4) is 0 Å². The first-order valence-corrected chi connectivity index (χ1v) is 14.2. The molecule has 0 bridgehead atoms. The number of furan rings is 1. The van der Waals surface area contributed by atoms with Gasteiger partial charge >= 0.3 is 0 Å². The second kappa shape index (κ2) is 8.27. The fourth-order valence-corrected chi connectivity index (χ4v) is 6.97. The summed E-state index contributed by atoms with van der Waals surface area (Å²) in [4.78, 5) is 0. The van der Waals surface area contributed by atoms with Gasteiger partial charge in [-0.05, 0) is 56.1 Å². The monoisotopic (exact) mass is 559 g/mol. The Balaban J connectivity index is 1.41. The Labute approximate surface area is 256 Å². The van der Waals surface area contributed by atoms with Crippen LogP contribution in [-0.2, 0) is 0 Å². The van der Waals surface area contributed by atoms with E-state index < -0.39 is 11.8 Å². The summed E-state index contributed by atoms with van der Waals surface area (Å²) >= 11 is 0. The largest absolute Gasteiger partial charge is 0.507 e. The predicted molar refractivity (Wildman–Crippen MR) is 175 cm³/mol. The molecule has 1 aliphatic carbocycles. The van der Waals surface area contributed by atoms with Crippen molar-refractivity contribution in [2.75, 3.05) is 0 Å². The Hall–Kier alpha value is -5.54. The number of hydrogen-bond donors (Lipinski definition) is 1. The third-order valence-corrected chi connectivity index (χ3v) is 8.85. The summed E-state index contributed by atoms with van der Waals surface area (Å²) < 4.78 is 77.7. The molecule has 0 radical (unpaired) electrons. The highest BCUT2D eigenvalue weighted by atomic mass is 16.5. The summed E-state index contributed by atoms with van der Waals surface area (Å²) in [6.07, 6.45) is 7.63. The summed E-state index contributed by atoms with van der Waals surface area (Å²) in [6, 6.07) is 16.2. The van der Waals surface area contributed by atoms with Crippen LogP contribution in [0.5, 0.6) is 11.5 Å². The third kappa shape index (κ3) is 3.03. The molecule has 1 aromatic heterocycles. The number of ether oxygens (including phenoxy) is 1. The van der Waals surface area contributed by atoms with Crippen molar-refractivity contribution < 1.29 is 23.9 Å².